The van der Waals surface area contributed by atoms with Gasteiger partial charge in [-0.1, -0.05) is 200 Å². The van der Waals surface area contributed by atoms with Crippen LogP contribution in [0.3, 0.4) is 0 Å². The number of rotatable bonds is 4. The van der Waals surface area contributed by atoms with Crippen LogP contribution >= 0.6 is 0 Å². The quantitative estimate of drug-likeness (QED) is 0.166. The number of benzene rings is 8. The number of hydrogen-bond acceptors (Lipinski definition) is 0. The molecule has 0 aliphatic heterocycles. The highest BCUT2D eigenvalue weighted by molar-refractivity contribution is 5.89. The lowest BCUT2D eigenvalue weighted by Crippen LogP contribution is -2.23. The number of hydrogen-bond donors (Lipinski definition) is 0. The first-order valence-electron chi connectivity index (χ1n) is 23.7. The van der Waals surface area contributed by atoms with Crippen molar-refractivity contribution in [1.29, 1.82) is 0 Å². The van der Waals surface area contributed by atoms with E-state index < -0.39 is 0 Å². The highest BCUT2D eigenvalue weighted by Gasteiger charge is 2.41. The summed E-state index contributed by atoms with van der Waals surface area (Å²) in [6, 6.07) is 60.2. The molecule has 0 nitrogen and oxygen atoms in total. The topological polar surface area (TPSA) is 0 Å². The summed E-state index contributed by atoms with van der Waals surface area (Å²) in [5.74, 6) is 0. The Bertz CT molecular complexity index is 3230. The second-order valence-corrected chi connectivity index (χ2v) is 20.9. The molecule has 0 atom stereocenters. The molecule has 0 spiro atoms. The van der Waals surface area contributed by atoms with Crippen molar-refractivity contribution in [3.05, 3.63) is 213 Å². The van der Waals surface area contributed by atoms with Gasteiger partial charge >= 0.3 is 0 Å². The van der Waals surface area contributed by atoms with Gasteiger partial charge in [-0.15, -0.1) is 0 Å². The van der Waals surface area contributed by atoms with Crippen molar-refractivity contribution in [2.24, 2.45) is 0 Å². The first kappa shape index (κ1) is 40.5. The predicted molar refractivity (Wildman–Crippen MR) is 273 cm³/mol. The van der Waals surface area contributed by atoms with Crippen LogP contribution in [-0.4, -0.2) is 0 Å². The van der Waals surface area contributed by atoms with Crippen LogP contribution in [0, 0.1) is 13.8 Å². The summed E-state index contributed by atoms with van der Waals surface area (Å²) < 4.78 is 0. The molecule has 0 saturated carbocycles. The van der Waals surface area contributed by atoms with Crippen LogP contribution < -0.4 is 0 Å². The summed E-state index contributed by atoms with van der Waals surface area (Å²) in [5.41, 5.74) is 31.0. The van der Waals surface area contributed by atoms with Crippen molar-refractivity contribution in [2.45, 2.75) is 104 Å². The van der Waals surface area contributed by atoms with E-state index in [4.69, 9.17) is 0 Å². The van der Waals surface area contributed by atoms with Gasteiger partial charge in [-0.2, -0.15) is 0 Å². The molecule has 0 aromatic heterocycles. The highest BCUT2D eigenvalue weighted by Crippen LogP contribution is 2.56. The Morgan fingerprint density at radius 3 is 0.969 bits per heavy atom. The van der Waals surface area contributed by atoms with E-state index in [2.05, 4.69) is 227 Å². The van der Waals surface area contributed by atoms with Crippen LogP contribution in [0.4, 0.5) is 0 Å². The molecule has 0 bridgehead atoms. The van der Waals surface area contributed by atoms with Crippen LogP contribution in [0.15, 0.2) is 158 Å². The van der Waals surface area contributed by atoms with Crippen molar-refractivity contribution in [3.8, 4) is 66.8 Å². The van der Waals surface area contributed by atoms with Crippen molar-refractivity contribution >= 4 is 0 Å². The highest BCUT2D eigenvalue weighted by atomic mass is 14.4. The van der Waals surface area contributed by atoms with Gasteiger partial charge in [0, 0.05) is 21.7 Å². The Morgan fingerprint density at radius 2 is 0.562 bits per heavy atom. The molecule has 4 aliphatic carbocycles. The molecule has 12 rings (SSSR count). The molecule has 0 saturated heterocycles. The average Bonchev–Trinajstić information content (AvgIpc) is 3.89. The fraction of sp³-hybridized carbons (Fsp3) is 0.250. The molecule has 8 aromatic carbocycles. The first-order valence-corrected chi connectivity index (χ1v) is 23.7. The Labute approximate surface area is 382 Å². The molecule has 0 radical (unpaired) electrons. The molecular weight excluding hydrogens is 769 g/mol. The smallest absolute Gasteiger partial charge is 0.0210 e. The summed E-state index contributed by atoms with van der Waals surface area (Å²) in [5, 5.41) is 0. The van der Waals surface area contributed by atoms with Gasteiger partial charge in [-0.25, -0.2) is 0 Å². The van der Waals surface area contributed by atoms with Gasteiger partial charge < -0.3 is 0 Å². The molecule has 8 aromatic rings. The van der Waals surface area contributed by atoms with Gasteiger partial charge in [0.2, 0.25) is 0 Å². The number of aryl methyl sites for hydroxylation is 2. The van der Waals surface area contributed by atoms with E-state index in [1.807, 2.05) is 0 Å². The lowest BCUT2D eigenvalue weighted by molar-refractivity contribution is 0.490. The molecule has 316 valence electrons. The van der Waals surface area contributed by atoms with Gasteiger partial charge in [0.25, 0.3) is 0 Å². The Balaban J connectivity index is 0.000000143. The monoisotopic (exact) mass is 828 g/mol. The van der Waals surface area contributed by atoms with Crippen LogP contribution in [-0.2, 0) is 21.7 Å². The summed E-state index contributed by atoms with van der Waals surface area (Å²) in [4.78, 5) is 0. The van der Waals surface area contributed by atoms with Crippen molar-refractivity contribution < 1.29 is 0 Å². The molecule has 0 heterocycles. The number of fused-ring (bicyclic) bond motifs is 12. The lowest BCUT2D eigenvalue weighted by Gasteiger charge is -2.30. The zero-order valence-electron chi connectivity index (χ0n) is 39.4. The van der Waals surface area contributed by atoms with E-state index in [1.54, 1.807) is 0 Å². The molecule has 4 aliphatic rings. The summed E-state index contributed by atoms with van der Waals surface area (Å²) >= 11 is 0. The molecule has 64 heavy (non-hydrogen) atoms. The van der Waals surface area contributed by atoms with Crippen molar-refractivity contribution in [3.63, 3.8) is 0 Å². The predicted octanol–water partition coefficient (Wildman–Crippen LogP) is 17.3. The SMILES string of the molecule is CCC1(CC)c2ccccc2-c2ccc(-c3ccc4c(c3)C(C)(C)c3cc(C)ccc3-4)cc21.Cc1ccc2c(c1)C(C)(C)c1cc(-c3ccc4c(c3)C(C)(C)c3ccccc3-4)ccc1-2. The second kappa shape index (κ2) is 14.1. The molecule has 0 N–H and O–H groups in total. The Morgan fingerprint density at radius 1 is 0.281 bits per heavy atom. The van der Waals surface area contributed by atoms with Crippen molar-refractivity contribution in [2.75, 3.05) is 0 Å². The van der Waals surface area contributed by atoms with Gasteiger partial charge in [0.05, 0.1) is 0 Å². The van der Waals surface area contributed by atoms with Gasteiger partial charge in [0.15, 0.2) is 0 Å². The van der Waals surface area contributed by atoms with E-state index in [1.165, 1.54) is 122 Å². The third-order valence-electron chi connectivity index (χ3n) is 16.4. The van der Waals surface area contributed by atoms with Crippen molar-refractivity contribution in [1.82, 2.24) is 0 Å². The van der Waals surface area contributed by atoms with Gasteiger partial charge in [0.1, 0.15) is 0 Å². The van der Waals surface area contributed by atoms with E-state index in [0.717, 1.165) is 12.8 Å². The molecular formula is C64H60. The van der Waals surface area contributed by atoms with Crippen LogP contribution in [0.2, 0.25) is 0 Å². The zero-order chi connectivity index (χ0) is 44.5. The third kappa shape index (κ3) is 5.67. The first-order chi connectivity index (χ1) is 30.7. The van der Waals surface area contributed by atoms with E-state index in [0.29, 0.717) is 0 Å². The third-order valence-corrected chi connectivity index (χ3v) is 16.4. The maximum atomic E-state index is 2.49. The normalized spacial score (nSPS) is 16.3. The minimum absolute atomic E-state index is 0.0241. The summed E-state index contributed by atoms with van der Waals surface area (Å²) in [7, 11) is 0. The lowest BCUT2D eigenvalue weighted by atomic mass is 9.73. The fourth-order valence-electron chi connectivity index (χ4n) is 12.6. The maximum Gasteiger partial charge on any atom is 0.0210 e. The maximum absolute atomic E-state index is 2.49. The summed E-state index contributed by atoms with van der Waals surface area (Å²) in [6.07, 6.45) is 2.26. The minimum atomic E-state index is 0.0241. The largest absolute Gasteiger partial charge is 0.0642 e. The van der Waals surface area contributed by atoms with E-state index >= 15 is 0 Å². The Kier molecular flexibility index (Phi) is 8.95. The van der Waals surface area contributed by atoms with Crippen LogP contribution in [0.25, 0.3) is 66.8 Å². The summed E-state index contributed by atoms with van der Waals surface area (Å²) in [6.45, 7) is 23.3. The van der Waals surface area contributed by atoms with E-state index in [9.17, 15) is 0 Å². The standard InChI is InChI=1S/C33H32.C31H28/c1-6-33(7-2)28-11-9-8-10-24(28)27-17-14-23(20-31(27)33)22-13-16-26-25-15-12-21(3)18-29(25)32(4,5)30(26)19-22;1-19-10-13-23-25-15-12-21(18-29(25)31(4,5)27(23)16-19)20-11-14-24-22-8-6-7-9-26(22)30(2,3)28(24)17-20/h8-20H,6-7H2,1-5H3;6-18H,1-5H3. The molecule has 0 unspecified atom stereocenters. The van der Waals surface area contributed by atoms with Gasteiger partial charge in [-0.3, -0.25) is 0 Å². The average molecular weight is 829 g/mol. The van der Waals surface area contributed by atoms with Crippen LogP contribution in [0.5, 0.6) is 0 Å². The molecule has 0 heteroatoms. The second-order valence-electron chi connectivity index (χ2n) is 20.9. The minimum Gasteiger partial charge on any atom is -0.0642 e. The molecule has 0 fully saturated rings. The molecule has 0 amide bonds. The van der Waals surface area contributed by atoms with E-state index in [-0.39, 0.29) is 21.7 Å². The Hall–Kier alpha value is -6.24. The zero-order valence-corrected chi connectivity index (χ0v) is 39.4. The van der Waals surface area contributed by atoms with Gasteiger partial charge in [-0.05, 0) is 162 Å². The van der Waals surface area contributed by atoms with Crippen LogP contribution in [0.1, 0.15) is 124 Å². The fourth-order valence-corrected chi connectivity index (χ4v) is 12.6.